The molecule has 6 nitrogen and oxygen atoms in total. The number of rotatable bonds is 5. The number of morpholine rings is 1. The Hall–Kier alpha value is -1.29. The molecule has 0 amide bonds. The summed E-state index contributed by atoms with van der Waals surface area (Å²) in [5, 5.41) is 3.37. The van der Waals surface area contributed by atoms with Crippen LogP contribution >= 0.6 is 0 Å². The molecule has 2 aliphatic heterocycles. The smallest absolute Gasteiger partial charge is 0.387 e. The molecular formula is C19H26F2N2O4S. The maximum absolute atomic E-state index is 12.9. The maximum atomic E-state index is 12.9. The van der Waals surface area contributed by atoms with Crippen molar-refractivity contribution >= 4 is 10.0 Å². The number of piperidine rings is 1. The molecule has 156 valence electrons. The van der Waals surface area contributed by atoms with Crippen LogP contribution in [-0.4, -0.2) is 58.2 Å². The fraction of sp³-hybridized carbons (Fsp3) is 0.684. The summed E-state index contributed by atoms with van der Waals surface area (Å²) in [7, 11) is -3.62. The van der Waals surface area contributed by atoms with Gasteiger partial charge in [0.25, 0.3) is 0 Å². The minimum atomic E-state index is -3.62. The first kappa shape index (κ1) is 20.0. The summed E-state index contributed by atoms with van der Waals surface area (Å²) in [5.41, 5.74) is 0.243. The Labute approximate surface area is 164 Å². The number of hydrogen-bond donors (Lipinski definition) is 1. The Balaban J connectivity index is 1.33. The molecule has 0 radical (unpaired) electrons. The summed E-state index contributed by atoms with van der Waals surface area (Å²) >= 11 is 0. The quantitative estimate of drug-likeness (QED) is 0.799. The van der Waals surface area contributed by atoms with Crippen molar-refractivity contribution in [2.24, 2.45) is 11.3 Å². The summed E-state index contributed by atoms with van der Waals surface area (Å²) in [6, 6.07) is 5.17. The summed E-state index contributed by atoms with van der Waals surface area (Å²) in [6.07, 6.45) is 4.21. The van der Waals surface area contributed by atoms with Gasteiger partial charge in [0.2, 0.25) is 10.0 Å². The van der Waals surface area contributed by atoms with Crippen molar-refractivity contribution in [1.29, 1.82) is 0 Å². The Bertz CT molecular complexity index is 766. The highest BCUT2D eigenvalue weighted by Crippen LogP contribution is 2.54. The van der Waals surface area contributed by atoms with Gasteiger partial charge in [-0.05, 0) is 61.3 Å². The lowest BCUT2D eigenvalue weighted by Gasteiger charge is -2.54. The fourth-order valence-electron chi connectivity index (χ4n) is 4.76. The largest absolute Gasteiger partial charge is 0.435 e. The molecule has 3 aliphatic rings. The van der Waals surface area contributed by atoms with Crippen LogP contribution in [0.1, 0.15) is 25.7 Å². The lowest BCUT2D eigenvalue weighted by atomic mass is 9.56. The Morgan fingerprint density at radius 1 is 1.18 bits per heavy atom. The van der Waals surface area contributed by atoms with Gasteiger partial charge in [-0.3, -0.25) is 0 Å². The molecule has 4 rings (SSSR count). The van der Waals surface area contributed by atoms with Gasteiger partial charge >= 0.3 is 6.61 Å². The van der Waals surface area contributed by atoms with Crippen LogP contribution in [0.15, 0.2) is 29.2 Å². The first-order chi connectivity index (χ1) is 13.4. The number of sulfonamides is 1. The zero-order valence-electron chi connectivity index (χ0n) is 15.6. The van der Waals surface area contributed by atoms with Gasteiger partial charge in [-0.2, -0.15) is 13.1 Å². The number of nitrogens with one attached hydrogen (secondary N) is 1. The molecule has 2 saturated heterocycles. The van der Waals surface area contributed by atoms with Crippen LogP contribution in [0.25, 0.3) is 0 Å². The summed E-state index contributed by atoms with van der Waals surface area (Å²) in [5.74, 6) is 0.518. The summed E-state index contributed by atoms with van der Waals surface area (Å²) < 4.78 is 61.8. The zero-order chi connectivity index (χ0) is 19.8. The molecule has 1 spiro atoms. The molecule has 3 fully saturated rings. The molecule has 1 aromatic rings. The second-order valence-electron chi connectivity index (χ2n) is 8.04. The van der Waals surface area contributed by atoms with Crippen LogP contribution in [0, 0.1) is 11.3 Å². The first-order valence-corrected chi connectivity index (χ1v) is 11.2. The molecule has 1 atom stereocenters. The molecule has 1 aromatic carbocycles. The second kappa shape index (κ2) is 7.85. The van der Waals surface area contributed by atoms with Crippen molar-refractivity contribution in [3.05, 3.63) is 24.3 Å². The van der Waals surface area contributed by atoms with Gasteiger partial charge in [0.05, 0.1) is 17.6 Å². The van der Waals surface area contributed by atoms with Crippen LogP contribution in [0.4, 0.5) is 8.78 Å². The second-order valence-corrected chi connectivity index (χ2v) is 9.97. The van der Waals surface area contributed by atoms with E-state index >= 15 is 0 Å². The third-order valence-electron chi connectivity index (χ3n) is 6.34. The SMILES string of the molecule is O=S(=O)(c1ccc(OC(F)F)cc1)N1CCC2(CC1)CC(C1CNCCO1)C2. The molecular weight excluding hydrogens is 390 g/mol. The van der Waals surface area contributed by atoms with E-state index in [0.717, 1.165) is 45.4 Å². The molecule has 0 bridgehead atoms. The summed E-state index contributed by atoms with van der Waals surface area (Å²) in [6.45, 7) is 0.647. The molecule has 2 heterocycles. The normalized spacial score (nSPS) is 26.3. The van der Waals surface area contributed by atoms with E-state index in [2.05, 4.69) is 10.1 Å². The third-order valence-corrected chi connectivity index (χ3v) is 8.26. The minimum Gasteiger partial charge on any atom is -0.435 e. The van der Waals surface area contributed by atoms with Crippen molar-refractivity contribution < 1.29 is 26.7 Å². The highest BCUT2D eigenvalue weighted by Gasteiger charge is 2.49. The van der Waals surface area contributed by atoms with Gasteiger partial charge < -0.3 is 14.8 Å². The summed E-state index contributed by atoms with van der Waals surface area (Å²) in [4.78, 5) is 0.109. The van der Waals surface area contributed by atoms with Crippen LogP contribution in [0.2, 0.25) is 0 Å². The fourth-order valence-corrected chi connectivity index (χ4v) is 6.20. The predicted octanol–water partition coefficient (Wildman–Crippen LogP) is 2.46. The van der Waals surface area contributed by atoms with E-state index in [-0.39, 0.29) is 22.2 Å². The van der Waals surface area contributed by atoms with Crippen LogP contribution in [0.5, 0.6) is 5.75 Å². The van der Waals surface area contributed by atoms with E-state index in [0.29, 0.717) is 19.0 Å². The lowest BCUT2D eigenvalue weighted by molar-refractivity contribution is -0.0955. The van der Waals surface area contributed by atoms with E-state index < -0.39 is 16.6 Å². The van der Waals surface area contributed by atoms with Crippen molar-refractivity contribution in [2.75, 3.05) is 32.8 Å². The third kappa shape index (κ3) is 4.03. The molecule has 0 aromatic heterocycles. The van der Waals surface area contributed by atoms with E-state index in [1.54, 1.807) is 0 Å². The van der Waals surface area contributed by atoms with E-state index in [9.17, 15) is 17.2 Å². The average Bonchev–Trinajstić information content (AvgIpc) is 2.67. The Kier molecular flexibility index (Phi) is 5.61. The van der Waals surface area contributed by atoms with Crippen LogP contribution in [0.3, 0.4) is 0 Å². The molecule has 1 N–H and O–H groups in total. The van der Waals surface area contributed by atoms with Crippen LogP contribution in [-0.2, 0) is 14.8 Å². The van der Waals surface area contributed by atoms with E-state index in [1.165, 1.54) is 28.6 Å². The van der Waals surface area contributed by atoms with Crippen molar-refractivity contribution in [3.63, 3.8) is 0 Å². The number of halogens is 2. The maximum Gasteiger partial charge on any atom is 0.387 e. The number of benzene rings is 1. The predicted molar refractivity (Wildman–Crippen MR) is 98.8 cm³/mol. The highest BCUT2D eigenvalue weighted by atomic mass is 32.2. The number of hydrogen-bond acceptors (Lipinski definition) is 5. The first-order valence-electron chi connectivity index (χ1n) is 9.75. The molecule has 1 unspecified atom stereocenters. The molecule has 9 heteroatoms. The van der Waals surface area contributed by atoms with Gasteiger partial charge in [0.15, 0.2) is 0 Å². The average molecular weight is 416 g/mol. The van der Waals surface area contributed by atoms with Crippen LogP contribution < -0.4 is 10.1 Å². The van der Waals surface area contributed by atoms with Crippen molar-refractivity contribution in [2.45, 2.75) is 43.3 Å². The Morgan fingerprint density at radius 2 is 1.86 bits per heavy atom. The van der Waals surface area contributed by atoms with Gasteiger partial charge in [-0.15, -0.1) is 0 Å². The lowest BCUT2D eigenvalue weighted by Crippen LogP contribution is -2.54. The van der Waals surface area contributed by atoms with Gasteiger partial charge in [0, 0.05) is 26.2 Å². The van der Waals surface area contributed by atoms with Gasteiger partial charge in [0.1, 0.15) is 5.75 Å². The Morgan fingerprint density at radius 3 is 2.43 bits per heavy atom. The van der Waals surface area contributed by atoms with Crippen molar-refractivity contribution in [1.82, 2.24) is 9.62 Å². The van der Waals surface area contributed by atoms with E-state index in [1.807, 2.05) is 0 Å². The van der Waals surface area contributed by atoms with Gasteiger partial charge in [-0.1, -0.05) is 0 Å². The number of alkyl halides is 2. The van der Waals surface area contributed by atoms with Gasteiger partial charge in [-0.25, -0.2) is 8.42 Å². The molecule has 1 saturated carbocycles. The van der Waals surface area contributed by atoms with E-state index in [4.69, 9.17) is 4.74 Å². The standard InChI is InChI=1S/C19H26F2N2O4S/c20-18(21)27-15-1-3-16(4-2-15)28(24,25)23-8-5-19(6-9-23)11-14(12-19)17-13-22-7-10-26-17/h1-4,14,17-18,22H,5-13H2. The van der Waals surface area contributed by atoms with Crippen molar-refractivity contribution in [3.8, 4) is 5.75 Å². The zero-order valence-corrected chi connectivity index (χ0v) is 16.5. The minimum absolute atomic E-state index is 0.0496. The monoisotopic (exact) mass is 416 g/mol. The molecule has 1 aliphatic carbocycles. The highest BCUT2D eigenvalue weighted by molar-refractivity contribution is 7.89. The number of nitrogens with zero attached hydrogens (tertiary/aromatic N) is 1. The molecule has 28 heavy (non-hydrogen) atoms. The topological polar surface area (TPSA) is 67.9 Å². The number of ether oxygens (including phenoxy) is 2.